The fourth-order valence-electron chi connectivity index (χ4n) is 3.88. The predicted octanol–water partition coefficient (Wildman–Crippen LogP) is 3.66. The lowest BCUT2D eigenvalue weighted by atomic mass is 10.1. The van der Waals surface area contributed by atoms with Crippen LogP contribution in [0.5, 0.6) is 0 Å². The first kappa shape index (κ1) is 22.5. The van der Waals surface area contributed by atoms with E-state index in [1.807, 2.05) is 36.7 Å². The Hall–Kier alpha value is -4.24. The average Bonchev–Trinajstić information content (AvgIpc) is 3.45. The SMILES string of the molecule is C[C@H](NC(=O)c1cc(-c2ccc(Cl)cc2)nn(-c2cnn(C)c2)c1=O)c1ccc2ncn(C)c2c1. The van der Waals surface area contributed by atoms with E-state index in [0.717, 1.165) is 22.2 Å². The predicted molar refractivity (Wildman–Crippen MR) is 134 cm³/mol. The smallest absolute Gasteiger partial charge is 0.284 e. The van der Waals surface area contributed by atoms with E-state index in [2.05, 4.69) is 20.5 Å². The minimum absolute atomic E-state index is 0.0257. The van der Waals surface area contributed by atoms with Crippen molar-refractivity contribution in [1.29, 1.82) is 0 Å². The molecule has 0 spiro atoms. The van der Waals surface area contributed by atoms with Gasteiger partial charge >= 0.3 is 0 Å². The van der Waals surface area contributed by atoms with Crippen molar-refractivity contribution in [2.75, 3.05) is 0 Å². The number of aryl methyl sites for hydroxylation is 2. The zero-order chi connectivity index (χ0) is 24.7. The Morgan fingerprint density at radius 1 is 1.09 bits per heavy atom. The van der Waals surface area contributed by atoms with Gasteiger partial charge in [0.15, 0.2) is 0 Å². The highest BCUT2D eigenvalue weighted by atomic mass is 35.5. The topological polar surface area (TPSA) is 99.6 Å². The summed E-state index contributed by atoms with van der Waals surface area (Å²) < 4.78 is 4.67. The molecule has 0 radical (unpaired) electrons. The highest BCUT2D eigenvalue weighted by molar-refractivity contribution is 6.30. The van der Waals surface area contributed by atoms with E-state index in [0.29, 0.717) is 16.4 Å². The molecular weight excluding hydrogens is 466 g/mol. The normalized spacial score (nSPS) is 12.1. The molecule has 3 aromatic heterocycles. The van der Waals surface area contributed by atoms with Gasteiger partial charge in [0.2, 0.25) is 0 Å². The van der Waals surface area contributed by atoms with Gasteiger partial charge in [0.05, 0.1) is 41.5 Å². The van der Waals surface area contributed by atoms with E-state index in [1.54, 1.807) is 48.5 Å². The molecular formula is C25H22ClN7O2. The lowest BCUT2D eigenvalue weighted by Gasteiger charge is -2.16. The Labute approximate surface area is 205 Å². The van der Waals surface area contributed by atoms with Gasteiger partial charge in [0.25, 0.3) is 11.5 Å². The molecule has 1 N–H and O–H groups in total. The molecule has 0 saturated heterocycles. The van der Waals surface area contributed by atoms with Gasteiger partial charge in [-0.25, -0.2) is 4.98 Å². The summed E-state index contributed by atoms with van der Waals surface area (Å²) in [6.45, 7) is 1.87. The maximum Gasteiger partial charge on any atom is 0.284 e. The largest absolute Gasteiger partial charge is 0.345 e. The Kier molecular flexibility index (Phi) is 5.70. The van der Waals surface area contributed by atoms with Crippen LogP contribution in [0.15, 0.2) is 72.0 Å². The van der Waals surface area contributed by atoms with Crippen molar-refractivity contribution >= 4 is 28.5 Å². The van der Waals surface area contributed by atoms with E-state index in [1.165, 1.54) is 16.9 Å². The van der Waals surface area contributed by atoms with Gasteiger partial charge in [-0.2, -0.15) is 14.9 Å². The fourth-order valence-corrected chi connectivity index (χ4v) is 4.01. The first-order chi connectivity index (χ1) is 16.8. The van der Waals surface area contributed by atoms with Gasteiger partial charge < -0.3 is 9.88 Å². The molecule has 176 valence electrons. The van der Waals surface area contributed by atoms with Crippen LogP contribution in [0, 0.1) is 0 Å². The molecule has 2 aromatic carbocycles. The summed E-state index contributed by atoms with van der Waals surface area (Å²) >= 11 is 6.03. The Balaban J connectivity index is 1.54. The van der Waals surface area contributed by atoms with Crippen molar-refractivity contribution in [3.8, 4) is 16.9 Å². The molecule has 0 saturated carbocycles. The van der Waals surface area contributed by atoms with Gasteiger partial charge in [0, 0.05) is 24.7 Å². The number of aromatic nitrogens is 6. The number of nitrogens with one attached hydrogen (secondary N) is 1. The molecule has 3 heterocycles. The number of benzene rings is 2. The zero-order valence-electron chi connectivity index (χ0n) is 19.3. The maximum absolute atomic E-state index is 13.3. The molecule has 1 amide bonds. The second kappa shape index (κ2) is 8.84. The van der Waals surface area contributed by atoms with Crippen LogP contribution in [0.4, 0.5) is 0 Å². The molecule has 0 unspecified atom stereocenters. The maximum atomic E-state index is 13.3. The van der Waals surface area contributed by atoms with Gasteiger partial charge in [-0.15, -0.1) is 0 Å². The van der Waals surface area contributed by atoms with E-state index in [-0.39, 0.29) is 11.6 Å². The number of hydrogen-bond donors (Lipinski definition) is 1. The van der Waals surface area contributed by atoms with Crippen LogP contribution < -0.4 is 10.9 Å². The van der Waals surface area contributed by atoms with Gasteiger partial charge in [-0.1, -0.05) is 29.8 Å². The third-order valence-electron chi connectivity index (χ3n) is 5.83. The minimum atomic E-state index is -0.539. The molecule has 0 fully saturated rings. The average molecular weight is 488 g/mol. The summed E-state index contributed by atoms with van der Waals surface area (Å²) in [4.78, 5) is 31.0. The highest BCUT2D eigenvalue weighted by Crippen LogP contribution is 2.22. The number of carbonyl (C=O) groups is 1. The molecule has 0 aliphatic rings. The van der Waals surface area contributed by atoms with Crippen molar-refractivity contribution in [1.82, 2.24) is 34.4 Å². The molecule has 10 heteroatoms. The number of rotatable bonds is 5. The van der Waals surface area contributed by atoms with Crippen LogP contribution in [-0.4, -0.2) is 35.0 Å². The number of imidazole rings is 1. The second-order valence-corrected chi connectivity index (χ2v) is 8.77. The molecule has 35 heavy (non-hydrogen) atoms. The van der Waals surface area contributed by atoms with Crippen molar-refractivity contribution in [2.45, 2.75) is 13.0 Å². The summed E-state index contributed by atoms with van der Waals surface area (Å²) in [5, 5.41) is 12.1. The van der Waals surface area contributed by atoms with Crippen LogP contribution in [0.2, 0.25) is 5.02 Å². The van der Waals surface area contributed by atoms with E-state index >= 15 is 0 Å². The number of carbonyl (C=O) groups excluding carboxylic acids is 1. The summed E-state index contributed by atoms with van der Waals surface area (Å²) in [6, 6.07) is 14.0. The highest BCUT2D eigenvalue weighted by Gasteiger charge is 2.20. The monoisotopic (exact) mass is 487 g/mol. The molecule has 9 nitrogen and oxygen atoms in total. The van der Waals surface area contributed by atoms with Crippen LogP contribution in [-0.2, 0) is 14.1 Å². The van der Waals surface area contributed by atoms with Crippen LogP contribution in [0.25, 0.3) is 28.0 Å². The molecule has 5 rings (SSSR count). The van der Waals surface area contributed by atoms with Crippen LogP contribution in [0.1, 0.15) is 28.9 Å². The third-order valence-corrected chi connectivity index (χ3v) is 6.08. The van der Waals surface area contributed by atoms with E-state index in [4.69, 9.17) is 11.6 Å². The van der Waals surface area contributed by atoms with E-state index in [9.17, 15) is 9.59 Å². The summed E-state index contributed by atoms with van der Waals surface area (Å²) in [5.41, 5.74) is 3.79. The minimum Gasteiger partial charge on any atom is -0.345 e. The van der Waals surface area contributed by atoms with Crippen LogP contribution >= 0.6 is 11.6 Å². The number of fused-ring (bicyclic) bond motifs is 1. The van der Waals surface area contributed by atoms with Gasteiger partial charge in [-0.05, 0) is 42.8 Å². The van der Waals surface area contributed by atoms with Crippen molar-refractivity contribution in [2.24, 2.45) is 14.1 Å². The van der Waals surface area contributed by atoms with Gasteiger partial charge in [0.1, 0.15) is 11.3 Å². The summed E-state index contributed by atoms with van der Waals surface area (Å²) in [6.07, 6.45) is 4.93. The third kappa shape index (κ3) is 4.33. The molecule has 1 atom stereocenters. The fraction of sp³-hybridized carbons (Fsp3) is 0.160. The Morgan fingerprint density at radius 2 is 1.86 bits per heavy atom. The quantitative estimate of drug-likeness (QED) is 0.408. The Bertz CT molecular complexity index is 1620. The lowest BCUT2D eigenvalue weighted by Crippen LogP contribution is -2.35. The van der Waals surface area contributed by atoms with Crippen molar-refractivity contribution in [3.63, 3.8) is 0 Å². The standard InChI is InChI=1S/C25H22ClN7O2/c1-15(17-6-9-21-23(10-17)31(2)14-27-21)29-24(34)20-11-22(16-4-7-18(26)8-5-16)30-33(25(20)35)19-12-28-32(3)13-19/h4-15H,1-3H3,(H,29,34)/t15-/m0/s1. The molecule has 0 aliphatic carbocycles. The number of amides is 1. The number of hydrogen-bond acceptors (Lipinski definition) is 5. The van der Waals surface area contributed by atoms with Gasteiger partial charge in [-0.3, -0.25) is 14.3 Å². The first-order valence-electron chi connectivity index (χ1n) is 10.9. The lowest BCUT2D eigenvalue weighted by molar-refractivity contribution is 0.0937. The molecule has 0 bridgehead atoms. The summed E-state index contributed by atoms with van der Waals surface area (Å²) in [7, 11) is 3.66. The summed E-state index contributed by atoms with van der Waals surface area (Å²) in [5.74, 6) is -0.497. The van der Waals surface area contributed by atoms with Crippen molar-refractivity contribution < 1.29 is 4.79 Å². The Morgan fingerprint density at radius 3 is 2.57 bits per heavy atom. The second-order valence-electron chi connectivity index (χ2n) is 8.34. The zero-order valence-corrected chi connectivity index (χ0v) is 20.1. The number of halogens is 1. The molecule has 5 aromatic rings. The first-order valence-corrected chi connectivity index (χ1v) is 11.3. The number of nitrogens with zero attached hydrogens (tertiary/aromatic N) is 6. The van der Waals surface area contributed by atoms with Crippen LogP contribution in [0.3, 0.4) is 0 Å². The molecule has 0 aliphatic heterocycles. The van der Waals surface area contributed by atoms with E-state index < -0.39 is 11.5 Å². The van der Waals surface area contributed by atoms with Crippen molar-refractivity contribution in [3.05, 3.63) is 93.8 Å².